The van der Waals surface area contributed by atoms with Crippen molar-refractivity contribution in [3.05, 3.63) is 66.2 Å². The van der Waals surface area contributed by atoms with E-state index >= 15 is 0 Å². The Balaban J connectivity index is 2.03. The SMILES string of the molecule is O=C1NN(c2ccccc2)C(c2ccccc2)C1CO. The van der Waals surface area contributed by atoms with Gasteiger partial charge in [0.15, 0.2) is 0 Å². The summed E-state index contributed by atoms with van der Waals surface area (Å²) in [7, 11) is 0. The number of rotatable bonds is 3. The van der Waals surface area contributed by atoms with Gasteiger partial charge in [-0.25, -0.2) is 0 Å². The zero-order valence-corrected chi connectivity index (χ0v) is 10.9. The maximum absolute atomic E-state index is 12.1. The lowest BCUT2D eigenvalue weighted by Gasteiger charge is -2.27. The lowest BCUT2D eigenvalue weighted by molar-refractivity contribution is -0.123. The maximum Gasteiger partial charge on any atom is 0.246 e. The van der Waals surface area contributed by atoms with Gasteiger partial charge in [0, 0.05) is 0 Å². The van der Waals surface area contributed by atoms with Crippen LogP contribution in [0.25, 0.3) is 0 Å². The van der Waals surface area contributed by atoms with Gasteiger partial charge in [0.2, 0.25) is 5.91 Å². The van der Waals surface area contributed by atoms with Gasteiger partial charge in [0.25, 0.3) is 0 Å². The molecule has 3 rings (SSSR count). The summed E-state index contributed by atoms with van der Waals surface area (Å²) in [6, 6.07) is 19.2. The van der Waals surface area contributed by atoms with E-state index in [1.54, 1.807) is 0 Å². The number of aliphatic hydroxyl groups is 1. The zero-order valence-electron chi connectivity index (χ0n) is 10.9. The summed E-state index contributed by atoms with van der Waals surface area (Å²) in [5, 5.41) is 11.4. The molecule has 2 aromatic carbocycles. The van der Waals surface area contributed by atoms with Crippen molar-refractivity contribution >= 4 is 11.6 Å². The Bertz CT molecular complexity index is 586. The van der Waals surface area contributed by atoms with E-state index in [0.29, 0.717) is 0 Å². The Morgan fingerprint density at radius 2 is 1.60 bits per heavy atom. The molecule has 0 aliphatic carbocycles. The molecule has 1 saturated heterocycles. The summed E-state index contributed by atoms with van der Waals surface area (Å²) in [6.45, 7) is -0.172. The third kappa shape index (κ3) is 2.14. The van der Waals surface area contributed by atoms with Crippen LogP contribution in [0.1, 0.15) is 11.6 Å². The normalized spacial score (nSPS) is 21.9. The van der Waals surface area contributed by atoms with Gasteiger partial charge in [0.05, 0.1) is 24.3 Å². The molecule has 102 valence electrons. The Morgan fingerprint density at radius 1 is 1.00 bits per heavy atom. The average Bonchev–Trinajstić information content (AvgIpc) is 2.85. The second-order valence-electron chi connectivity index (χ2n) is 4.83. The number of anilines is 1. The summed E-state index contributed by atoms with van der Waals surface area (Å²) in [4.78, 5) is 12.1. The molecule has 2 unspecified atom stereocenters. The highest BCUT2D eigenvalue weighted by molar-refractivity contribution is 5.85. The minimum Gasteiger partial charge on any atom is -0.395 e. The first-order chi connectivity index (χ1) is 9.81. The average molecular weight is 268 g/mol. The van der Waals surface area contributed by atoms with Crippen molar-refractivity contribution in [3.8, 4) is 0 Å². The van der Waals surface area contributed by atoms with Crippen molar-refractivity contribution in [2.45, 2.75) is 6.04 Å². The molecule has 1 heterocycles. The molecule has 4 nitrogen and oxygen atoms in total. The van der Waals surface area contributed by atoms with Gasteiger partial charge in [-0.15, -0.1) is 0 Å². The first kappa shape index (κ1) is 12.7. The van der Waals surface area contributed by atoms with Crippen molar-refractivity contribution < 1.29 is 9.90 Å². The number of hydrogen-bond donors (Lipinski definition) is 2. The molecule has 0 saturated carbocycles. The molecule has 2 atom stereocenters. The molecule has 0 aromatic heterocycles. The summed E-state index contributed by atoms with van der Waals surface area (Å²) >= 11 is 0. The van der Waals surface area contributed by atoms with E-state index in [1.807, 2.05) is 65.7 Å². The van der Waals surface area contributed by atoms with E-state index in [0.717, 1.165) is 11.3 Å². The summed E-state index contributed by atoms with van der Waals surface area (Å²) in [6.07, 6.45) is 0. The Hall–Kier alpha value is -2.33. The fourth-order valence-electron chi connectivity index (χ4n) is 2.62. The lowest BCUT2D eigenvalue weighted by Crippen LogP contribution is -2.34. The van der Waals surface area contributed by atoms with Gasteiger partial charge < -0.3 is 5.11 Å². The van der Waals surface area contributed by atoms with Crippen molar-refractivity contribution in [2.75, 3.05) is 11.6 Å². The van der Waals surface area contributed by atoms with Crippen LogP contribution in [0.2, 0.25) is 0 Å². The predicted molar refractivity (Wildman–Crippen MR) is 76.8 cm³/mol. The van der Waals surface area contributed by atoms with Crippen LogP contribution < -0.4 is 10.4 Å². The van der Waals surface area contributed by atoms with Crippen molar-refractivity contribution in [3.63, 3.8) is 0 Å². The Kier molecular flexibility index (Phi) is 3.39. The number of hydrazine groups is 1. The maximum atomic E-state index is 12.1. The molecule has 1 aliphatic rings. The molecule has 2 aromatic rings. The number of carbonyl (C=O) groups is 1. The van der Waals surface area contributed by atoms with Crippen LogP contribution >= 0.6 is 0 Å². The van der Waals surface area contributed by atoms with Crippen molar-refractivity contribution in [1.29, 1.82) is 0 Å². The minimum absolute atomic E-state index is 0.148. The number of benzene rings is 2. The molecule has 2 N–H and O–H groups in total. The Labute approximate surface area is 117 Å². The summed E-state index contributed by atoms with van der Waals surface area (Å²) in [5.41, 5.74) is 4.77. The van der Waals surface area contributed by atoms with Crippen LogP contribution in [0, 0.1) is 5.92 Å². The summed E-state index contributed by atoms with van der Waals surface area (Å²) < 4.78 is 0. The third-order valence-corrected chi connectivity index (χ3v) is 3.60. The molecule has 1 fully saturated rings. The quantitative estimate of drug-likeness (QED) is 0.893. The van der Waals surface area contributed by atoms with Gasteiger partial charge in [-0.3, -0.25) is 15.2 Å². The highest BCUT2D eigenvalue weighted by atomic mass is 16.3. The lowest BCUT2D eigenvalue weighted by atomic mass is 9.94. The molecule has 0 spiro atoms. The van der Waals surface area contributed by atoms with E-state index in [4.69, 9.17) is 0 Å². The van der Waals surface area contributed by atoms with E-state index in [9.17, 15) is 9.90 Å². The standard InChI is InChI=1S/C16H16N2O2/c19-11-14-15(12-7-3-1-4-8-12)18(17-16(14)20)13-9-5-2-6-10-13/h1-10,14-15,19H,11H2,(H,17,20). The van der Waals surface area contributed by atoms with Gasteiger partial charge in [-0.2, -0.15) is 0 Å². The topological polar surface area (TPSA) is 52.6 Å². The van der Waals surface area contributed by atoms with Crippen LogP contribution in [-0.2, 0) is 4.79 Å². The molecule has 0 radical (unpaired) electrons. The number of nitrogens with one attached hydrogen (secondary N) is 1. The first-order valence-electron chi connectivity index (χ1n) is 6.62. The second-order valence-corrected chi connectivity index (χ2v) is 4.83. The minimum atomic E-state index is -0.461. The summed E-state index contributed by atoms with van der Waals surface area (Å²) in [5.74, 6) is -0.609. The molecular formula is C16H16N2O2. The number of carbonyl (C=O) groups excluding carboxylic acids is 1. The number of para-hydroxylation sites is 1. The number of hydrogen-bond acceptors (Lipinski definition) is 3. The molecule has 1 aliphatic heterocycles. The largest absolute Gasteiger partial charge is 0.395 e. The Morgan fingerprint density at radius 3 is 2.20 bits per heavy atom. The van der Waals surface area contributed by atoms with E-state index in [-0.39, 0.29) is 18.6 Å². The molecule has 4 heteroatoms. The van der Waals surface area contributed by atoms with Crippen LogP contribution in [0.3, 0.4) is 0 Å². The molecular weight excluding hydrogens is 252 g/mol. The van der Waals surface area contributed by atoms with Gasteiger partial charge in [0.1, 0.15) is 0 Å². The number of amides is 1. The molecule has 0 bridgehead atoms. The third-order valence-electron chi connectivity index (χ3n) is 3.60. The van der Waals surface area contributed by atoms with Crippen molar-refractivity contribution in [1.82, 2.24) is 5.43 Å². The molecule has 1 amide bonds. The fraction of sp³-hybridized carbons (Fsp3) is 0.188. The van der Waals surface area contributed by atoms with Crippen LogP contribution in [0.4, 0.5) is 5.69 Å². The van der Waals surface area contributed by atoms with Crippen LogP contribution in [-0.4, -0.2) is 17.6 Å². The van der Waals surface area contributed by atoms with Gasteiger partial charge >= 0.3 is 0 Å². The molecule has 20 heavy (non-hydrogen) atoms. The van der Waals surface area contributed by atoms with Crippen LogP contribution in [0.15, 0.2) is 60.7 Å². The first-order valence-corrected chi connectivity index (χ1v) is 6.62. The van der Waals surface area contributed by atoms with E-state index in [1.165, 1.54) is 0 Å². The second kappa shape index (κ2) is 5.35. The monoisotopic (exact) mass is 268 g/mol. The zero-order chi connectivity index (χ0) is 13.9. The predicted octanol–water partition coefficient (Wildman–Crippen LogP) is 1.89. The number of aliphatic hydroxyl groups excluding tert-OH is 1. The number of nitrogens with zero attached hydrogens (tertiary/aromatic N) is 1. The van der Waals surface area contributed by atoms with Crippen LogP contribution in [0.5, 0.6) is 0 Å². The fourth-order valence-corrected chi connectivity index (χ4v) is 2.62. The highest BCUT2D eigenvalue weighted by Gasteiger charge is 2.41. The van der Waals surface area contributed by atoms with Crippen molar-refractivity contribution in [2.24, 2.45) is 5.92 Å². The van der Waals surface area contributed by atoms with E-state index in [2.05, 4.69) is 5.43 Å². The van der Waals surface area contributed by atoms with Gasteiger partial charge in [-0.1, -0.05) is 48.5 Å². The highest BCUT2D eigenvalue weighted by Crippen LogP contribution is 2.35. The van der Waals surface area contributed by atoms with E-state index < -0.39 is 5.92 Å². The van der Waals surface area contributed by atoms with Gasteiger partial charge in [-0.05, 0) is 17.7 Å². The smallest absolute Gasteiger partial charge is 0.246 e.